The Morgan fingerprint density at radius 1 is 1.26 bits per heavy atom. The molecule has 2 aliphatic heterocycles. The third-order valence-corrected chi connectivity index (χ3v) is 5.86. The lowest BCUT2D eigenvalue weighted by molar-refractivity contribution is -0.309. The summed E-state index contributed by atoms with van der Waals surface area (Å²) in [5.41, 5.74) is -0.229. The first-order chi connectivity index (χ1) is 14.4. The number of esters is 1. The van der Waals surface area contributed by atoms with Crippen molar-refractivity contribution < 1.29 is 43.9 Å². The molecule has 5 atom stereocenters. The van der Waals surface area contributed by atoms with E-state index in [-0.39, 0.29) is 31.5 Å². The number of aliphatic hydroxyl groups is 2. The van der Waals surface area contributed by atoms with Gasteiger partial charge in [0.05, 0.1) is 44.4 Å². The number of hydrogen-bond acceptors (Lipinski definition) is 8. The van der Waals surface area contributed by atoms with E-state index in [0.29, 0.717) is 12.0 Å². The van der Waals surface area contributed by atoms with Crippen LogP contribution in [0.1, 0.15) is 52.4 Å². The standard InChI is InChI=1S/C22H32O9/c1-5-16-6-13(7-20(28)29-4)11-22(30-16)12-17(25)21(2,3)18(31-22)9-14(23)8-15(24)10-19(26)27/h5,7,14-16,18,23-24H,1,6,8-12H2,2-4H3,(H,26,27)/b13-7+/t14-,15-,16+,18+,22-/m1/s1. The summed E-state index contributed by atoms with van der Waals surface area (Å²) in [6, 6.07) is 0. The molecule has 0 saturated carbocycles. The average Bonchev–Trinajstić information content (AvgIpc) is 2.65. The van der Waals surface area contributed by atoms with E-state index in [0.717, 1.165) is 0 Å². The van der Waals surface area contributed by atoms with Crippen molar-refractivity contribution in [2.24, 2.45) is 5.41 Å². The number of rotatable bonds is 8. The summed E-state index contributed by atoms with van der Waals surface area (Å²) in [6.07, 6.45) is -0.643. The molecular weight excluding hydrogens is 408 g/mol. The van der Waals surface area contributed by atoms with Gasteiger partial charge in [0.1, 0.15) is 5.78 Å². The van der Waals surface area contributed by atoms with Gasteiger partial charge in [-0.15, -0.1) is 6.58 Å². The van der Waals surface area contributed by atoms with Gasteiger partial charge in [0.25, 0.3) is 0 Å². The van der Waals surface area contributed by atoms with Crippen LogP contribution in [0.2, 0.25) is 0 Å². The third kappa shape index (κ3) is 6.46. The van der Waals surface area contributed by atoms with Gasteiger partial charge in [-0.25, -0.2) is 4.79 Å². The zero-order valence-electron chi connectivity index (χ0n) is 18.2. The van der Waals surface area contributed by atoms with Crippen LogP contribution in [0, 0.1) is 5.41 Å². The van der Waals surface area contributed by atoms with Crippen LogP contribution >= 0.6 is 0 Å². The van der Waals surface area contributed by atoms with Gasteiger partial charge < -0.3 is 29.5 Å². The predicted octanol–water partition coefficient (Wildman–Crippen LogP) is 1.51. The lowest BCUT2D eigenvalue weighted by Gasteiger charge is -2.51. The van der Waals surface area contributed by atoms with Crippen LogP contribution in [0.3, 0.4) is 0 Å². The highest BCUT2D eigenvalue weighted by molar-refractivity contribution is 5.86. The van der Waals surface area contributed by atoms with Gasteiger partial charge >= 0.3 is 11.9 Å². The molecule has 2 rings (SSSR count). The average molecular weight is 440 g/mol. The fourth-order valence-corrected chi connectivity index (χ4v) is 4.06. The smallest absolute Gasteiger partial charge is 0.330 e. The number of ether oxygens (including phenoxy) is 3. The molecule has 9 heteroatoms. The maximum absolute atomic E-state index is 13.0. The van der Waals surface area contributed by atoms with Gasteiger partial charge in [0.2, 0.25) is 0 Å². The van der Waals surface area contributed by atoms with Gasteiger partial charge in [-0.1, -0.05) is 25.5 Å². The molecule has 0 aromatic carbocycles. The number of carbonyl (C=O) groups is 3. The lowest BCUT2D eigenvalue weighted by atomic mass is 9.73. The van der Waals surface area contributed by atoms with Crippen molar-refractivity contribution in [2.45, 2.75) is 82.6 Å². The number of aliphatic carboxylic acids is 1. The molecule has 0 amide bonds. The normalized spacial score (nSPS) is 31.3. The Labute approximate surface area is 181 Å². The quantitative estimate of drug-likeness (QED) is 0.291. The number of carboxylic acids is 1. The molecule has 0 bridgehead atoms. The Hall–Kier alpha value is -2.07. The molecule has 174 valence electrons. The number of hydrogen-bond donors (Lipinski definition) is 3. The van der Waals surface area contributed by atoms with E-state index in [9.17, 15) is 24.6 Å². The summed E-state index contributed by atoms with van der Waals surface area (Å²) in [6.45, 7) is 7.17. The lowest BCUT2D eigenvalue weighted by Crippen LogP contribution is -2.58. The minimum Gasteiger partial charge on any atom is -0.481 e. The van der Waals surface area contributed by atoms with E-state index in [1.165, 1.54) is 13.2 Å². The van der Waals surface area contributed by atoms with Crippen LogP contribution in [0.15, 0.2) is 24.3 Å². The van der Waals surface area contributed by atoms with Crippen LogP contribution < -0.4 is 0 Å². The van der Waals surface area contributed by atoms with Crippen LogP contribution in [0.5, 0.6) is 0 Å². The van der Waals surface area contributed by atoms with E-state index in [2.05, 4.69) is 6.58 Å². The van der Waals surface area contributed by atoms with Crippen molar-refractivity contribution in [3.05, 3.63) is 24.3 Å². The molecular formula is C22H32O9. The second kappa shape index (κ2) is 10.0. The molecule has 0 radical (unpaired) electrons. The maximum atomic E-state index is 13.0. The van der Waals surface area contributed by atoms with Crippen molar-refractivity contribution in [1.29, 1.82) is 0 Å². The summed E-state index contributed by atoms with van der Waals surface area (Å²) >= 11 is 0. The minimum absolute atomic E-state index is 0.00926. The number of carbonyl (C=O) groups excluding carboxylic acids is 2. The van der Waals surface area contributed by atoms with Gasteiger partial charge in [-0.3, -0.25) is 9.59 Å². The number of ketones is 1. The topological polar surface area (TPSA) is 140 Å². The Morgan fingerprint density at radius 3 is 2.52 bits per heavy atom. The third-order valence-electron chi connectivity index (χ3n) is 5.86. The number of Topliss-reactive ketones (excluding diaryl/α,β-unsaturated/α-hetero) is 1. The highest BCUT2D eigenvalue weighted by atomic mass is 16.7. The van der Waals surface area contributed by atoms with E-state index in [1.54, 1.807) is 19.9 Å². The summed E-state index contributed by atoms with van der Waals surface area (Å²) in [5, 5.41) is 29.0. The molecule has 0 aromatic rings. The first kappa shape index (κ1) is 25.2. The van der Waals surface area contributed by atoms with E-state index < -0.39 is 54.0 Å². The highest BCUT2D eigenvalue weighted by Gasteiger charge is 2.54. The van der Waals surface area contributed by atoms with Crippen molar-refractivity contribution >= 4 is 17.7 Å². The molecule has 2 heterocycles. The zero-order valence-corrected chi connectivity index (χ0v) is 18.2. The second-order valence-corrected chi connectivity index (χ2v) is 8.81. The number of methoxy groups -OCH3 is 1. The van der Waals surface area contributed by atoms with Crippen LogP contribution in [0.4, 0.5) is 0 Å². The van der Waals surface area contributed by atoms with Gasteiger partial charge in [0, 0.05) is 24.3 Å². The number of carboxylic acid groups (broad SMARTS) is 1. The number of aliphatic hydroxyl groups excluding tert-OH is 2. The molecule has 0 unspecified atom stereocenters. The van der Waals surface area contributed by atoms with Gasteiger partial charge in [-0.05, 0) is 12.8 Å². The Morgan fingerprint density at radius 2 is 1.94 bits per heavy atom. The Balaban J connectivity index is 2.23. The largest absolute Gasteiger partial charge is 0.481 e. The monoisotopic (exact) mass is 440 g/mol. The summed E-state index contributed by atoms with van der Waals surface area (Å²) in [7, 11) is 1.28. The van der Waals surface area contributed by atoms with Crippen LogP contribution in [-0.2, 0) is 28.6 Å². The summed E-state index contributed by atoms with van der Waals surface area (Å²) in [4.78, 5) is 35.5. The first-order valence-corrected chi connectivity index (χ1v) is 10.3. The van der Waals surface area contributed by atoms with Crippen LogP contribution in [0.25, 0.3) is 0 Å². The fourth-order valence-electron chi connectivity index (χ4n) is 4.06. The summed E-state index contributed by atoms with van der Waals surface area (Å²) < 4.78 is 17.0. The zero-order chi connectivity index (χ0) is 23.4. The Kier molecular flexibility index (Phi) is 8.15. The first-order valence-electron chi connectivity index (χ1n) is 10.3. The van der Waals surface area contributed by atoms with Crippen LogP contribution in [-0.4, -0.2) is 70.4 Å². The molecule has 3 N–H and O–H groups in total. The minimum atomic E-state index is -1.31. The van der Waals surface area contributed by atoms with Gasteiger partial charge in [-0.2, -0.15) is 0 Å². The molecule has 0 aliphatic carbocycles. The van der Waals surface area contributed by atoms with Gasteiger partial charge in [0.15, 0.2) is 5.79 Å². The molecule has 31 heavy (non-hydrogen) atoms. The van der Waals surface area contributed by atoms with Crippen molar-refractivity contribution in [3.63, 3.8) is 0 Å². The maximum Gasteiger partial charge on any atom is 0.330 e. The molecule has 1 spiro atoms. The van der Waals surface area contributed by atoms with E-state index in [1.807, 2.05) is 0 Å². The molecule has 2 aliphatic rings. The van der Waals surface area contributed by atoms with Crippen molar-refractivity contribution in [1.82, 2.24) is 0 Å². The summed E-state index contributed by atoms with van der Waals surface area (Å²) in [5.74, 6) is -3.12. The van der Waals surface area contributed by atoms with Crippen molar-refractivity contribution in [3.8, 4) is 0 Å². The Bertz CT molecular complexity index is 741. The fraction of sp³-hybridized carbons (Fsp3) is 0.682. The van der Waals surface area contributed by atoms with E-state index in [4.69, 9.17) is 19.3 Å². The van der Waals surface area contributed by atoms with Crippen molar-refractivity contribution in [2.75, 3.05) is 7.11 Å². The van der Waals surface area contributed by atoms with E-state index >= 15 is 0 Å². The molecule has 0 aromatic heterocycles. The highest BCUT2D eigenvalue weighted by Crippen LogP contribution is 2.46. The molecule has 2 fully saturated rings. The second-order valence-electron chi connectivity index (χ2n) is 8.81. The predicted molar refractivity (Wildman–Crippen MR) is 109 cm³/mol. The molecule has 2 saturated heterocycles. The SMILES string of the molecule is C=C[C@H]1C/C(=C\C(=O)OC)C[C@@]2(CC(=O)C(C)(C)[C@H](C[C@H](O)C[C@@H](O)CC(=O)O)O2)O1. The molecule has 9 nitrogen and oxygen atoms in total.